The Bertz CT molecular complexity index is 1190. The maximum Gasteiger partial charge on any atom is 0.261 e. The lowest BCUT2D eigenvalue weighted by Crippen LogP contribution is -2.23. The standard InChI is InChI=1S/C18H21N3O5S2/c1-11-7-15(28(25,26)21(3)4)10-17(12(11)2)20-27(23,24)14-5-6-16-13(8-14)9-18(22)19-16/h5-8,10,20H,9H2,1-4H3,(H,19,22). The third kappa shape index (κ3) is 3.62. The van der Waals surface area contributed by atoms with E-state index in [2.05, 4.69) is 10.0 Å². The number of anilines is 2. The Morgan fingerprint density at radius 2 is 1.68 bits per heavy atom. The number of nitrogens with zero attached hydrogens (tertiary/aromatic N) is 1. The van der Waals surface area contributed by atoms with Gasteiger partial charge < -0.3 is 5.32 Å². The number of nitrogens with one attached hydrogen (secondary N) is 2. The summed E-state index contributed by atoms with van der Waals surface area (Å²) in [5.74, 6) is -0.189. The monoisotopic (exact) mass is 423 g/mol. The molecule has 2 N–H and O–H groups in total. The molecule has 10 heteroatoms. The van der Waals surface area contributed by atoms with Gasteiger partial charge in [-0.15, -0.1) is 0 Å². The van der Waals surface area contributed by atoms with Crippen LogP contribution in [0.3, 0.4) is 0 Å². The summed E-state index contributed by atoms with van der Waals surface area (Å²) in [5, 5.41) is 2.65. The molecular formula is C18H21N3O5S2. The van der Waals surface area contributed by atoms with Gasteiger partial charge in [0.05, 0.1) is 21.9 Å². The van der Waals surface area contributed by atoms with Crippen LogP contribution in [0.25, 0.3) is 0 Å². The van der Waals surface area contributed by atoms with Gasteiger partial charge in [-0.25, -0.2) is 21.1 Å². The van der Waals surface area contributed by atoms with Crippen molar-refractivity contribution in [3.8, 4) is 0 Å². The van der Waals surface area contributed by atoms with Crippen LogP contribution < -0.4 is 10.0 Å². The molecule has 0 saturated carbocycles. The van der Waals surface area contributed by atoms with Crippen molar-refractivity contribution >= 4 is 37.3 Å². The van der Waals surface area contributed by atoms with E-state index < -0.39 is 20.0 Å². The summed E-state index contributed by atoms with van der Waals surface area (Å²) in [6.07, 6.45) is 0.118. The Labute approximate surface area is 164 Å². The van der Waals surface area contributed by atoms with Gasteiger partial charge in [-0.3, -0.25) is 9.52 Å². The van der Waals surface area contributed by atoms with Gasteiger partial charge in [0.15, 0.2) is 0 Å². The van der Waals surface area contributed by atoms with Crippen molar-refractivity contribution < 1.29 is 21.6 Å². The Morgan fingerprint density at radius 1 is 1.00 bits per heavy atom. The van der Waals surface area contributed by atoms with Gasteiger partial charge in [0, 0.05) is 19.8 Å². The minimum Gasteiger partial charge on any atom is -0.326 e. The summed E-state index contributed by atoms with van der Waals surface area (Å²) in [5.41, 5.74) is 2.65. The zero-order valence-corrected chi connectivity index (χ0v) is 17.5. The van der Waals surface area contributed by atoms with Crippen molar-refractivity contribution in [1.82, 2.24) is 4.31 Å². The number of benzene rings is 2. The molecule has 0 saturated heterocycles. The number of carbonyl (C=O) groups is 1. The summed E-state index contributed by atoms with van der Waals surface area (Å²) < 4.78 is 54.2. The third-order valence-electron chi connectivity index (χ3n) is 4.68. The van der Waals surface area contributed by atoms with E-state index >= 15 is 0 Å². The zero-order chi connectivity index (χ0) is 20.9. The van der Waals surface area contributed by atoms with E-state index in [9.17, 15) is 21.6 Å². The van der Waals surface area contributed by atoms with Gasteiger partial charge in [0.2, 0.25) is 15.9 Å². The number of sulfonamides is 2. The van der Waals surface area contributed by atoms with Crippen molar-refractivity contribution in [1.29, 1.82) is 0 Å². The number of carbonyl (C=O) groups excluding carboxylic acids is 1. The van der Waals surface area contributed by atoms with Crippen LogP contribution in [0.1, 0.15) is 16.7 Å². The first-order valence-electron chi connectivity index (χ1n) is 8.41. The molecule has 0 aromatic heterocycles. The topological polar surface area (TPSA) is 113 Å². The van der Waals surface area contributed by atoms with Crippen LogP contribution in [-0.4, -0.2) is 41.1 Å². The molecule has 8 nitrogen and oxygen atoms in total. The molecule has 28 heavy (non-hydrogen) atoms. The molecule has 0 radical (unpaired) electrons. The van der Waals surface area contributed by atoms with Crippen LogP contribution in [0.15, 0.2) is 40.1 Å². The van der Waals surface area contributed by atoms with E-state index in [1.165, 1.54) is 38.4 Å². The minimum atomic E-state index is -3.97. The second-order valence-corrected chi connectivity index (χ2v) is 10.7. The first-order valence-corrected chi connectivity index (χ1v) is 11.3. The van der Waals surface area contributed by atoms with Gasteiger partial charge in [-0.05, 0) is 60.9 Å². The van der Waals surface area contributed by atoms with Gasteiger partial charge in [0.1, 0.15) is 0 Å². The molecule has 150 valence electrons. The van der Waals surface area contributed by atoms with E-state index in [-0.39, 0.29) is 27.8 Å². The van der Waals surface area contributed by atoms with E-state index in [4.69, 9.17) is 0 Å². The van der Waals surface area contributed by atoms with Crippen molar-refractivity contribution in [3.05, 3.63) is 47.0 Å². The summed E-state index contributed by atoms with van der Waals surface area (Å²) in [4.78, 5) is 11.5. The van der Waals surface area contributed by atoms with Gasteiger partial charge in [-0.2, -0.15) is 0 Å². The van der Waals surface area contributed by atoms with Crippen LogP contribution in [0.4, 0.5) is 11.4 Å². The number of aryl methyl sites for hydroxylation is 1. The van der Waals surface area contributed by atoms with Crippen LogP contribution in [0, 0.1) is 13.8 Å². The normalized spacial score (nSPS) is 14.1. The highest BCUT2D eigenvalue weighted by Crippen LogP contribution is 2.30. The fourth-order valence-electron chi connectivity index (χ4n) is 2.87. The van der Waals surface area contributed by atoms with E-state index in [0.29, 0.717) is 22.4 Å². The van der Waals surface area contributed by atoms with Crippen molar-refractivity contribution in [3.63, 3.8) is 0 Å². The molecule has 0 aliphatic carbocycles. The number of hydrogen-bond acceptors (Lipinski definition) is 5. The minimum absolute atomic E-state index is 0.000623. The van der Waals surface area contributed by atoms with Crippen molar-refractivity contribution in [2.45, 2.75) is 30.1 Å². The van der Waals surface area contributed by atoms with E-state index in [1.807, 2.05) is 0 Å². The quantitative estimate of drug-likeness (QED) is 0.762. The highest BCUT2D eigenvalue weighted by Gasteiger charge is 2.24. The summed E-state index contributed by atoms with van der Waals surface area (Å²) in [7, 11) is -4.87. The van der Waals surface area contributed by atoms with Crippen LogP contribution in [0.5, 0.6) is 0 Å². The summed E-state index contributed by atoms with van der Waals surface area (Å²) in [6.45, 7) is 3.43. The summed E-state index contributed by atoms with van der Waals surface area (Å²) in [6, 6.07) is 7.20. The lowest BCUT2D eigenvalue weighted by atomic mass is 10.1. The molecule has 3 rings (SSSR count). The number of amides is 1. The van der Waals surface area contributed by atoms with Crippen LogP contribution >= 0.6 is 0 Å². The predicted molar refractivity (Wildman–Crippen MR) is 106 cm³/mol. The predicted octanol–water partition coefficient (Wildman–Crippen LogP) is 1.85. The Kier molecular flexibility index (Phi) is 4.98. The molecule has 0 unspecified atom stereocenters. The molecule has 0 atom stereocenters. The SMILES string of the molecule is Cc1cc(S(=O)(=O)N(C)C)cc(NS(=O)(=O)c2ccc3c(c2)CC(=O)N3)c1C. The maximum atomic E-state index is 12.9. The number of hydrogen-bond donors (Lipinski definition) is 2. The van der Waals surface area contributed by atoms with Crippen LogP contribution in [0.2, 0.25) is 0 Å². The van der Waals surface area contributed by atoms with Crippen molar-refractivity contribution in [2.24, 2.45) is 0 Å². The molecule has 0 fully saturated rings. The third-order valence-corrected chi connectivity index (χ3v) is 7.83. The molecule has 2 aromatic rings. The molecule has 1 aliphatic rings. The molecule has 0 bridgehead atoms. The Morgan fingerprint density at radius 3 is 2.32 bits per heavy atom. The average Bonchev–Trinajstić information content (AvgIpc) is 2.97. The fraction of sp³-hybridized carbons (Fsp3) is 0.278. The molecule has 1 amide bonds. The highest BCUT2D eigenvalue weighted by molar-refractivity contribution is 7.92. The second kappa shape index (κ2) is 6.87. The van der Waals surface area contributed by atoms with E-state index in [1.54, 1.807) is 19.9 Å². The smallest absolute Gasteiger partial charge is 0.261 e. The van der Waals surface area contributed by atoms with Gasteiger partial charge >= 0.3 is 0 Å². The molecule has 0 spiro atoms. The molecule has 2 aromatic carbocycles. The fourth-order valence-corrected chi connectivity index (χ4v) is 5.05. The maximum absolute atomic E-state index is 12.9. The largest absolute Gasteiger partial charge is 0.326 e. The highest BCUT2D eigenvalue weighted by atomic mass is 32.2. The molecular weight excluding hydrogens is 402 g/mol. The van der Waals surface area contributed by atoms with E-state index in [0.717, 1.165) is 4.31 Å². The summed E-state index contributed by atoms with van der Waals surface area (Å²) >= 11 is 0. The lowest BCUT2D eigenvalue weighted by molar-refractivity contribution is -0.115. The Balaban J connectivity index is 2.02. The van der Waals surface area contributed by atoms with Crippen LogP contribution in [-0.2, 0) is 31.3 Å². The zero-order valence-electron chi connectivity index (χ0n) is 15.9. The van der Waals surface area contributed by atoms with Gasteiger partial charge in [-0.1, -0.05) is 0 Å². The van der Waals surface area contributed by atoms with Crippen molar-refractivity contribution in [2.75, 3.05) is 24.1 Å². The second-order valence-electron chi connectivity index (χ2n) is 6.85. The lowest BCUT2D eigenvalue weighted by Gasteiger charge is -2.17. The average molecular weight is 424 g/mol. The first kappa shape index (κ1) is 20.3. The first-order chi connectivity index (χ1) is 12.9. The number of fused-ring (bicyclic) bond motifs is 1. The van der Waals surface area contributed by atoms with Gasteiger partial charge in [0.25, 0.3) is 10.0 Å². The number of rotatable bonds is 5. The molecule has 1 heterocycles. The Hall–Kier alpha value is -2.43. The molecule has 1 aliphatic heterocycles.